The first-order valence-electron chi connectivity index (χ1n) is 15.4. The molecule has 0 aliphatic heterocycles. The molecule has 4 heteroatoms. The SMILES string of the molecule is CCCCCCCCCCCCCCCCCCCC(C(O)CCCCCCCCC)[N+](=O)[O-]. The van der Waals surface area contributed by atoms with Gasteiger partial charge in [0.1, 0.15) is 6.10 Å². The molecule has 0 amide bonds. The van der Waals surface area contributed by atoms with Crippen molar-refractivity contribution in [1.82, 2.24) is 0 Å². The molecule has 0 aromatic heterocycles. The van der Waals surface area contributed by atoms with Gasteiger partial charge in [-0.2, -0.15) is 0 Å². The third-order valence-electron chi connectivity index (χ3n) is 7.42. The number of aliphatic hydroxyl groups is 1. The van der Waals surface area contributed by atoms with Gasteiger partial charge < -0.3 is 5.11 Å². The Bertz CT molecular complexity index is 416. The molecular formula is C30H61NO3. The Hall–Kier alpha value is -0.640. The van der Waals surface area contributed by atoms with Gasteiger partial charge in [0.2, 0.25) is 6.04 Å². The van der Waals surface area contributed by atoms with E-state index in [1.165, 1.54) is 128 Å². The monoisotopic (exact) mass is 483 g/mol. The highest BCUT2D eigenvalue weighted by molar-refractivity contribution is 4.69. The van der Waals surface area contributed by atoms with E-state index in [1.807, 2.05) is 0 Å². The summed E-state index contributed by atoms with van der Waals surface area (Å²) in [6, 6.07) is -0.767. The fourth-order valence-electron chi connectivity index (χ4n) is 5.02. The maximum atomic E-state index is 11.4. The van der Waals surface area contributed by atoms with Crippen LogP contribution in [0.1, 0.15) is 181 Å². The molecule has 0 aromatic rings. The molecule has 0 bridgehead atoms. The quantitative estimate of drug-likeness (QED) is 0.0683. The number of nitro groups is 1. The standard InChI is InChI=1S/C30H61NO3/c1-3-5-7-9-11-12-13-14-15-16-17-18-19-20-22-23-25-27-29(31(33)34)30(32)28-26-24-21-10-8-6-4-2/h29-30,32H,3-28H2,1-2H3. The maximum Gasteiger partial charge on any atom is 0.238 e. The van der Waals surface area contributed by atoms with E-state index in [-0.39, 0.29) is 4.92 Å². The summed E-state index contributed by atoms with van der Waals surface area (Å²) >= 11 is 0. The number of nitrogens with zero attached hydrogens (tertiary/aromatic N) is 1. The van der Waals surface area contributed by atoms with Gasteiger partial charge in [0.15, 0.2) is 0 Å². The van der Waals surface area contributed by atoms with E-state index in [0.717, 1.165) is 25.7 Å². The van der Waals surface area contributed by atoms with Crippen LogP contribution in [0.5, 0.6) is 0 Å². The second kappa shape index (κ2) is 27.0. The largest absolute Gasteiger partial charge is 0.386 e. The van der Waals surface area contributed by atoms with Crippen LogP contribution in [-0.4, -0.2) is 22.2 Å². The molecular weight excluding hydrogens is 422 g/mol. The lowest BCUT2D eigenvalue weighted by atomic mass is 9.97. The van der Waals surface area contributed by atoms with E-state index in [4.69, 9.17) is 0 Å². The first kappa shape index (κ1) is 33.4. The minimum atomic E-state index is -0.772. The van der Waals surface area contributed by atoms with Crippen molar-refractivity contribution in [2.45, 2.75) is 193 Å². The van der Waals surface area contributed by atoms with Gasteiger partial charge in [-0.3, -0.25) is 10.1 Å². The summed E-state index contributed by atoms with van der Waals surface area (Å²) in [5.74, 6) is 0. The normalized spacial score (nSPS) is 13.3. The van der Waals surface area contributed by atoms with Gasteiger partial charge in [0, 0.05) is 11.3 Å². The van der Waals surface area contributed by atoms with Crippen molar-refractivity contribution in [2.24, 2.45) is 0 Å². The van der Waals surface area contributed by atoms with Crippen LogP contribution in [-0.2, 0) is 0 Å². The molecule has 2 unspecified atom stereocenters. The summed E-state index contributed by atoms with van der Waals surface area (Å²) in [4.78, 5) is 11.2. The van der Waals surface area contributed by atoms with Crippen LogP contribution < -0.4 is 0 Å². The third-order valence-corrected chi connectivity index (χ3v) is 7.42. The Morgan fingerprint density at radius 1 is 0.500 bits per heavy atom. The highest BCUT2D eigenvalue weighted by Crippen LogP contribution is 2.18. The molecule has 34 heavy (non-hydrogen) atoms. The predicted octanol–water partition coefficient (Wildman–Crippen LogP) is 10.2. The van der Waals surface area contributed by atoms with Crippen molar-refractivity contribution in [3.05, 3.63) is 10.1 Å². The highest BCUT2D eigenvalue weighted by Gasteiger charge is 2.28. The van der Waals surface area contributed by atoms with Gasteiger partial charge in [0.25, 0.3) is 0 Å². The van der Waals surface area contributed by atoms with Crippen LogP contribution in [0.4, 0.5) is 0 Å². The predicted molar refractivity (Wildman–Crippen MR) is 148 cm³/mol. The molecule has 0 aliphatic rings. The molecule has 204 valence electrons. The molecule has 0 aliphatic carbocycles. The second-order valence-electron chi connectivity index (χ2n) is 10.8. The number of unbranched alkanes of at least 4 members (excludes halogenated alkanes) is 22. The third kappa shape index (κ3) is 23.1. The first-order chi connectivity index (χ1) is 16.6. The molecule has 0 heterocycles. The van der Waals surface area contributed by atoms with Crippen molar-refractivity contribution < 1.29 is 10.0 Å². The van der Waals surface area contributed by atoms with Crippen LogP contribution in [0.25, 0.3) is 0 Å². The lowest BCUT2D eigenvalue weighted by Crippen LogP contribution is -2.33. The van der Waals surface area contributed by atoms with E-state index in [1.54, 1.807) is 0 Å². The minimum absolute atomic E-state index is 0.238. The number of aliphatic hydroxyl groups excluding tert-OH is 1. The molecule has 0 saturated heterocycles. The van der Waals surface area contributed by atoms with Crippen molar-refractivity contribution in [3.63, 3.8) is 0 Å². The number of hydrogen-bond acceptors (Lipinski definition) is 3. The lowest BCUT2D eigenvalue weighted by molar-refractivity contribution is -0.535. The second-order valence-corrected chi connectivity index (χ2v) is 10.8. The van der Waals surface area contributed by atoms with Crippen LogP contribution in [0, 0.1) is 10.1 Å². The van der Waals surface area contributed by atoms with E-state index >= 15 is 0 Å². The van der Waals surface area contributed by atoms with Crippen LogP contribution in [0.3, 0.4) is 0 Å². The Morgan fingerprint density at radius 3 is 1.06 bits per heavy atom. The van der Waals surface area contributed by atoms with Crippen LogP contribution in [0.15, 0.2) is 0 Å². The van der Waals surface area contributed by atoms with Gasteiger partial charge in [-0.25, -0.2) is 0 Å². The summed E-state index contributed by atoms with van der Waals surface area (Å²) in [6.07, 6.45) is 31.1. The minimum Gasteiger partial charge on any atom is -0.386 e. The average molecular weight is 484 g/mol. The molecule has 0 fully saturated rings. The summed E-state index contributed by atoms with van der Waals surface area (Å²) in [5, 5.41) is 21.7. The van der Waals surface area contributed by atoms with Gasteiger partial charge in [-0.15, -0.1) is 0 Å². The van der Waals surface area contributed by atoms with E-state index in [0.29, 0.717) is 12.8 Å². The molecule has 0 rings (SSSR count). The van der Waals surface area contributed by atoms with Crippen LogP contribution in [0.2, 0.25) is 0 Å². The number of rotatable bonds is 28. The van der Waals surface area contributed by atoms with E-state index in [9.17, 15) is 15.2 Å². The Morgan fingerprint density at radius 2 is 0.765 bits per heavy atom. The zero-order chi connectivity index (χ0) is 25.1. The fourth-order valence-corrected chi connectivity index (χ4v) is 5.02. The summed E-state index contributed by atoms with van der Waals surface area (Å²) in [5.41, 5.74) is 0. The van der Waals surface area contributed by atoms with Crippen molar-refractivity contribution >= 4 is 0 Å². The Kier molecular flexibility index (Phi) is 26.4. The smallest absolute Gasteiger partial charge is 0.238 e. The molecule has 0 saturated carbocycles. The Balaban J connectivity index is 3.50. The summed E-state index contributed by atoms with van der Waals surface area (Å²) in [7, 11) is 0. The van der Waals surface area contributed by atoms with Crippen molar-refractivity contribution in [3.8, 4) is 0 Å². The lowest BCUT2D eigenvalue weighted by Gasteiger charge is -2.16. The van der Waals surface area contributed by atoms with Gasteiger partial charge in [-0.1, -0.05) is 162 Å². The van der Waals surface area contributed by atoms with Crippen molar-refractivity contribution in [1.29, 1.82) is 0 Å². The van der Waals surface area contributed by atoms with Gasteiger partial charge in [-0.05, 0) is 12.8 Å². The molecule has 0 spiro atoms. The van der Waals surface area contributed by atoms with Gasteiger partial charge in [0.05, 0.1) is 0 Å². The molecule has 1 N–H and O–H groups in total. The zero-order valence-electron chi connectivity index (χ0n) is 23.3. The zero-order valence-corrected chi connectivity index (χ0v) is 23.3. The molecule has 0 aromatic carbocycles. The van der Waals surface area contributed by atoms with E-state index < -0.39 is 12.1 Å². The van der Waals surface area contributed by atoms with Gasteiger partial charge >= 0.3 is 0 Å². The molecule has 2 atom stereocenters. The molecule has 4 nitrogen and oxygen atoms in total. The first-order valence-corrected chi connectivity index (χ1v) is 15.4. The molecule has 0 radical (unpaired) electrons. The Labute approximate surface area is 213 Å². The van der Waals surface area contributed by atoms with Crippen LogP contribution >= 0.6 is 0 Å². The van der Waals surface area contributed by atoms with E-state index in [2.05, 4.69) is 13.8 Å². The topological polar surface area (TPSA) is 63.4 Å². The van der Waals surface area contributed by atoms with Crippen molar-refractivity contribution in [2.75, 3.05) is 0 Å². The highest BCUT2D eigenvalue weighted by atomic mass is 16.6. The summed E-state index contributed by atoms with van der Waals surface area (Å²) < 4.78 is 0. The number of hydrogen-bond donors (Lipinski definition) is 1. The average Bonchev–Trinajstić information content (AvgIpc) is 2.82. The summed E-state index contributed by atoms with van der Waals surface area (Å²) in [6.45, 7) is 4.49. The maximum absolute atomic E-state index is 11.4. The fraction of sp³-hybridized carbons (Fsp3) is 1.00.